The summed E-state index contributed by atoms with van der Waals surface area (Å²) >= 11 is 0. The van der Waals surface area contributed by atoms with Gasteiger partial charge in [-0.25, -0.2) is 4.39 Å². The van der Waals surface area contributed by atoms with E-state index < -0.39 is 5.82 Å². The van der Waals surface area contributed by atoms with E-state index in [0.717, 1.165) is 16.9 Å². The van der Waals surface area contributed by atoms with Crippen LogP contribution in [0, 0.1) is 17.1 Å². The van der Waals surface area contributed by atoms with Crippen LogP contribution in [0.15, 0.2) is 77.2 Å². The van der Waals surface area contributed by atoms with Crippen molar-refractivity contribution in [2.45, 2.75) is 6.54 Å². The van der Waals surface area contributed by atoms with Crippen molar-refractivity contribution >= 4 is 5.88 Å². The van der Waals surface area contributed by atoms with Crippen molar-refractivity contribution in [2.75, 3.05) is 12.4 Å². The maximum absolute atomic E-state index is 13.7. The second-order valence-corrected chi connectivity index (χ2v) is 6.57. The number of nitriles is 1. The van der Waals surface area contributed by atoms with Crippen LogP contribution in [0.25, 0.3) is 11.5 Å². The standard InChI is InChI=1S/C24H18FN3O3/c1-29-18-12-8-17(9-13-18)23-28-21(14-26)24(31-23)27-15-16-6-10-19(11-7-16)30-22-5-3-2-4-20(22)25/h2-13,27H,15H2,1H3. The zero-order valence-electron chi connectivity index (χ0n) is 16.6. The molecule has 0 saturated carbocycles. The molecule has 0 saturated heterocycles. The van der Waals surface area contributed by atoms with Gasteiger partial charge in [-0.05, 0) is 54.1 Å². The molecule has 0 atom stereocenters. The summed E-state index contributed by atoms with van der Waals surface area (Å²) in [5, 5.41) is 12.5. The molecule has 1 heterocycles. The molecule has 0 bridgehead atoms. The predicted molar refractivity (Wildman–Crippen MR) is 113 cm³/mol. The molecule has 6 nitrogen and oxygen atoms in total. The molecule has 3 aromatic carbocycles. The molecule has 4 aromatic rings. The number of oxazole rings is 1. The highest BCUT2D eigenvalue weighted by Crippen LogP contribution is 2.28. The molecule has 0 unspecified atom stereocenters. The highest BCUT2D eigenvalue weighted by atomic mass is 19.1. The highest BCUT2D eigenvalue weighted by Gasteiger charge is 2.14. The Morgan fingerprint density at radius 1 is 1.00 bits per heavy atom. The third-order valence-corrected chi connectivity index (χ3v) is 4.51. The number of benzene rings is 3. The normalized spacial score (nSPS) is 10.4. The molecule has 0 amide bonds. The molecule has 0 spiro atoms. The zero-order chi connectivity index (χ0) is 21.6. The van der Waals surface area contributed by atoms with Gasteiger partial charge >= 0.3 is 0 Å². The fourth-order valence-corrected chi connectivity index (χ4v) is 2.88. The van der Waals surface area contributed by atoms with Crippen molar-refractivity contribution in [3.63, 3.8) is 0 Å². The van der Waals surface area contributed by atoms with E-state index in [-0.39, 0.29) is 11.4 Å². The van der Waals surface area contributed by atoms with Crippen LogP contribution in [-0.2, 0) is 6.54 Å². The van der Waals surface area contributed by atoms with E-state index in [1.807, 2.05) is 30.3 Å². The number of nitrogens with one attached hydrogen (secondary N) is 1. The van der Waals surface area contributed by atoms with E-state index in [1.165, 1.54) is 6.07 Å². The van der Waals surface area contributed by atoms with Gasteiger partial charge in [0.1, 0.15) is 17.6 Å². The van der Waals surface area contributed by atoms with Crippen molar-refractivity contribution in [3.05, 3.63) is 89.9 Å². The Kier molecular flexibility index (Phi) is 5.81. The lowest BCUT2D eigenvalue weighted by Crippen LogP contribution is -2.00. The molecule has 4 rings (SSSR count). The summed E-state index contributed by atoms with van der Waals surface area (Å²) in [7, 11) is 1.59. The molecule has 1 N–H and O–H groups in total. The van der Waals surface area contributed by atoms with E-state index in [9.17, 15) is 9.65 Å². The van der Waals surface area contributed by atoms with Gasteiger partial charge in [0.25, 0.3) is 0 Å². The topological polar surface area (TPSA) is 80.3 Å². The third kappa shape index (κ3) is 4.65. The number of hydrogen-bond donors (Lipinski definition) is 1. The number of aromatic nitrogens is 1. The molecule has 0 aliphatic carbocycles. The molecule has 0 aliphatic heterocycles. The molecular formula is C24H18FN3O3. The first kappa shape index (κ1) is 20.0. The second kappa shape index (κ2) is 9.01. The Morgan fingerprint density at radius 2 is 1.71 bits per heavy atom. The SMILES string of the molecule is COc1ccc(-c2nc(C#N)c(NCc3ccc(Oc4ccccc4F)cc3)o2)cc1. The van der Waals surface area contributed by atoms with E-state index >= 15 is 0 Å². The average Bonchev–Trinajstić information content (AvgIpc) is 3.23. The largest absolute Gasteiger partial charge is 0.497 e. The van der Waals surface area contributed by atoms with Gasteiger partial charge in [-0.2, -0.15) is 10.2 Å². The van der Waals surface area contributed by atoms with E-state index in [0.29, 0.717) is 24.1 Å². The Hall–Kier alpha value is -4.31. The summed E-state index contributed by atoms with van der Waals surface area (Å²) in [4.78, 5) is 4.25. The Morgan fingerprint density at radius 3 is 2.39 bits per heavy atom. The van der Waals surface area contributed by atoms with Crippen LogP contribution < -0.4 is 14.8 Å². The molecule has 7 heteroatoms. The fourth-order valence-electron chi connectivity index (χ4n) is 2.88. The number of methoxy groups -OCH3 is 1. The van der Waals surface area contributed by atoms with E-state index in [2.05, 4.69) is 10.3 Å². The van der Waals surface area contributed by atoms with Gasteiger partial charge in [0.2, 0.25) is 17.5 Å². The minimum atomic E-state index is -0.421. The summed E-state index contributed by atoms with van der Waals surface area (Å²) in [6.45, 7) is 0.409. The third-order valence-electron chi connectivity index (χ3n) is 4.51. The van der Waals surface area contributed by atoms with Crippen LogP contribution in [0.2, 0.25) is 0 Å². The highest BCUT2D eigenvalue weighted by molar-refractivity contribution is 5.59. The van der Waals surface area contributed by atoms with Crippen molar-refractivity contribution < 1.29 is 18.3 Å². The number of nitrogens with zero attached hydrogens (tertiary/aromatic N) is 2. The van der Waals surface area contributed by atoms with Crippen molar-refractivity contribution in [3.8, 4) is 34.8 Å². The van der Waals surface area contributed by atoms with Crippen molar-refractivity contribution in [1.29, 1.82) is 5.26 Å². The number of anilines is 1. The van der Waals surface area contributed by atoms with Gasteiger partial charge in [0.15, 0.2) is 11.6 Å². The molecular weight excluding hydrogens is 397 g/mol. The van der Waals surface area contributed by atoms with E-state index in [1.54, 1.807) is 49.6 Å². The van der Waals surface area contributed by atoms with Crippen LogP contribution in [-0.4, -0.2) is 12.1 Å². The number of hydrogen-bond acceptors (Lipinski definition) is 6. The predicted octanol–water partition coefficient (Wildman–Crippen LogP) is 5.77. The first-order chi connectivity index (χ1) is 15.2. The molecule has 0 fully saturated rings. The lowest BCUT2D eigenvalue weighted by molar-refractivity contribution is 0.415. The maximum atomic E-state index is 13.7. The van der Waals surface area contributed by atoms with Gasteiger partial charge < -0.3 is 19.2 Å². The summed E-state index contributed by atoms with van der Waals surface area (Å²) < 4.78 is 30.2. The Balaban J connectivity index is 1.43. The second-order valence-electron chi connectivity index (χ2n) is 6.57. The average molecular weight is 415 g/mol. The fraction of sp³-hybridized carbons (Fsp3) is 0.0833. The number of para-hydroxylation sites is 1. The number of rotatable bonds is 7. The maximum Gasteiger partial charge on any atom is 0.232 e. The zero-order valence-corrected chi connectivity index (χ0v) is 16.6. The van der Waals surface area contributed by atoms with Gasteiger partial charge in [0.05, 0.1) is 7.11 Å². The molecule has 0 radical (unpaired) electrons. The lowest BCUT2D eigenvalue weighted by Gasteiger charge is -2.08. The van der Waals surface area contributed by atoms with Crippen LogP contribution >= 0.6 is 0 Å². The quantitative estimate of drug-likeness (QED) is 0.413. The summed E-state index contributed by atoms with van der Waals surface area (Å²) in [5.41, 5.74) is 1.83. The summed E-state index contributed by atoms with van der Waals surface area (Å²) in [5.74, 6) is 1.62. The van der Waals surface area contributed by atoms with Crippen molar-refractivity contribution in [2.24, 2.45) is 0 Å². The van der Waals surface area contributed by atoms with Crippen LogP contribution in [0.5, 0.6) is 17.2 Å². The van der Waals surface area contributed by atoms with Crippen LogP contribution in [0.1, 0.15) is 11.3 Å². The van der Waals surface area contributed by atoms with Gasteiger partial charge in [0, 0.05) is 12.1 Å². The minimum absolute atomic E-state index is 0.166. The van der Waals surface area contributed by atoms with E-state index in [4.69, 9.17) is 13.9 Å². The Bertz CT molecular complexity index is 1210. The molecule has 154 valence electrons. The van der Waals surface area contributed by atoms with Gasteiger partial charge in [-0.3, -0.25) is 0 Å². The molecule has 0 aliphatic rings. The Labute approximate surface area is 178 Å². The molecule has 1 aromatic heterocycles. The summed E-state index contributed by atoms with van der Waals surface area (Å²) in [6.07, 6.45) is 0. The smallest absolute Gasteiger partial charge is 0.232 e. The summed E-state index contributed by atoms with van der Waals surface area (Å²) in [6, 6.07) is 22.7. The monoisotopic (exact) mass is 415 g/mol. The van der Waals surface area contributed by atoms with Gasteiger partial charge in [-0.15, -0.1) is 0 Å². The molecule has 31 heavy (non-hydrogen) atoms. The number of ether oxygens (including phenoxy) is 2. The first-order valence-electron chi connectivity index (χ1n) is 9.47. The van der Waals surface area contributed by atoms with Crippen LogP contribution in [0.3, 0.4) is 0 Å². The lowest BCUT2D eigenvalue weighted by atomic mass is 10.2. The van der Waals surface area contributed by atoms with Gasteiger partial charge in [-0.1, -0.05) is 24.3 Å². The first-order valence-corrected chi connectivity index (χ1v) is 9.47. The van der Waals surface area contributed by atoms with Crippen molar-refractivity contribution in [1.82, 2.24) is 4.98 Å². The number of halogens is 1. The minimum Gasteiger partial charge on any atom is -0.497 e. The van der Waals surface area contributed by atoms with Crippen LogP contribution in [0.4, 0.5) is 10.3 Å².